The summed E-state index contributed by atoms with van der Waals surface area (Å²) >= 11 is 0. The fourth-order valence-electron chi connectivity index (χ4n) is 3.34. The molecule has 8 heteroatoms. The van der Waals surface area contributed by atoms with Crippen molar-refractivity contribution in [3.8, 4) is 0 Å². The lowest BCUT2D eigenvalue weighted by Crippen LogP contribution is -2.50. The van der Waals surface area contributed by atoms with Gasteiger partial charge < -0.3 is 15.5 Å². The van der Waals surface area contributed by atoms with E-state index < -0.39 is 0 Å². The normalized spacial score (nSPS) is 20.3. The van der Waals surface area contributed by atoms with Crippen LogP contribution in [0.3, 0.4) is 0 Å². The molecule has 0 bridgehead atoms. The van der Waals surface area contributed by atoms with Crippen LogP contribution in [0, 0.1) is 5.92 Å². The first-order chi connectivity index (χ1) is 12.5. The monoisotopic (exact) mass is 362 g/mol. The molecule has 26 heavy (non-hydrogen) atoms. The summed E-state index contributed by atoms with van der Waals surface area (Å²) in [5.74, 6) is 0.488. The van der Waals surface area contributed by atoms with Crippen molar-refractivity contribution in [3.63, 3.8) is 0 Å². The van der Waals surface area contributed by atoms with E-state index in [1.165, 1.54) is 12.8 Å². The molecule has 3 amide bonds. The van der Waals surface area contributed by atoms with Crippen molar-refractivity contribution in [1.29, 1.82) is 0 Å². The van der Waals surface area contributed by atoms with Crippen LogP contribution in [-0.4, -0.2) is 57.0 Å². The average molecular weight is 362 g/mol. The van der Waals surface area contributed by atoms with Crippen molar-refractivity contribution in [2.24, 2.45) is 5.92 Å². The molecule has 8 nitrogen and oxygen atoms in total. The van der Waals surface area contributed by atoms with Crippen LogP contribution in [0.4, 0.5) is 4.79 Å². The maximum absolute atomic E-state index is 12.4. The van der Waals surface area contributed by atoms with Gasteiger partial charge in [-0.25, -0.2) is 4.79 Å². The Bertz CT molecular complexity index is 625. The minimum absolute atomic E-state index is 0.0171. The van der Waals surface area contributed by atoms with E-state index in [2.05, 4.69) is 20.9 Å². The number of carbonyl (C=O) groups excluding carboxylic acids is 2. The standard InChI is InChI=1S/C18H30N6O2/c1-13(2)20-18(26)24-9-4-3-5-15(24)8-10-23-12-16(21-22-23)17(25)19-11-14-6-7-14/h12-15H,3-11H2,1-2H3,(H,19,25)(H,20,26). The highest BCUT2D eigenvalue weighted by molar-refractivity contribution is 5.91. The summed E-state index contributed by atoms with van der Waals surface area (Å²) in [6.07, 6.45) is 8.12. The van der Waals surface area contributed by atoms with Gasteiger partial charge in [-0.1, -0.05) is 5.21 Å². The Hall–Kier alpha value is -2.12. The maximum atomic E-state index is 12.4. The Morgan fingerprint density at radius 2 is 2.08 bits per heavy atom. The van der Waals surface area contributed by atoms with Crippen LogP contribution in [0.2, 0.25) is 0 Å². The molecule has 2 fully saturated rings. The van der Waals surface area contributed by atoms with Crippen LogP contribution < -0.4 is 10.6 Å². The fraction of sp³-hybridized carbons (Fsp3) is 0.778. The highest BCUT2D eigenvalue weighted by Crippen LogP contribution is 2.27. The molecule has 0 aromatic carbocycles. The van der Waals surface area contributed by atoms with Crippen LogP contribution in [0.1, 0.15) is 62.9 Å². The van der Waals surface area contributed by atoms with Gasteiger partial charge in [0.1, 0.15) is 0 Å². The molecular formula is C18H30N6O2. The lowest BCUT2D eigenvalue weighted by molar-refractivity contribution is 0.0946. The van der Waals surface area contributed by atoms with E-state index in [0.29, 0.717) is 18.2 Å². The number of urea groups is 1. The SMILES string of the molecule is CC(C)NC(=O)N1CCCCC1CCn1cc(C(=O)NCC2CC2)nn1. The van der Waals surface area contributed by atoms with Gasteiger partial charge >= 0.3 is 6.03 Å². The van der Waals surface area contributed by atoms with Crippen molar-refractivity contribution in [1.82, 2.24) is 30.5 Å². The molecular weight excluding hydrogens is 332 g/mol. The lowest BCUT2D eigenvalue weighted by Gasteiger charge is -2.36. The van der Waals surface area contributed by atoms with Crippen molar-refractivity contribution in [3.05, 3.63) is 11.9 Å². The van der Waals surface area contributed by atoms with E-state index in [0.717, 1.165) is 38.8 Å². The Balaban J connectivity index is 1.50. The number of likely N-dealkylation sites (tertiary alicyclic amines) is 1. The molecule has 0 radical (unpaired) electrons. The lowest BCUT2D eigenvalue weighted by atomic mass is 10.00. The van der Waals surface area contributed by atoms with Gasteiger partial charge in [-0.15, -0.1) is 5.10 Å². The molecule has 1 aliphatic heterocycles. The largest absolute Gasteiger partial charge is 0.350 e. The molecule has 1 saturated heterocycles. The molecule has 1 aromatic heterocycles. The summed E-state index contributed by atoms with van der Waals surface area (Å²) in [5, 5.41) is 13.9. The highest BCUT2D eigenvalue weighted by atomic mass is 16.2. The van der Waals surface area contributed by atoms with Crippen molar-refractivity contribution >= 4 is 11.9 Å². The van der Waals surface area contributed by atoms with Crippen LogP contribution in [-0.2, 0) is 6.54 Å². The minimum Gasteiger partial charge on any atom is -0.350 e. The van der Waals surface area contributed by atoms with Crippen LogP contribution in [0.25, 0.3) is 0 Å². The van der Waals surface area contributed by atoms with Gasteiger partial charge in [-0.3, -0.25) is 9.48 Å². The zero-order valence-corrected chi connectivity index (χ0v) is 15.8. The molecule has 2 heterocycles. The third-order valence-electron chi connectivity index (χ3n) is 5.01. The van der Waals surface area contributed by atoms with E-state index >= 15 is 0 Å². The van der Waals surface area contributed by atoms with E-state index in [1.54, 1.807) is 10.9 Å². The number of aromatic nitrogens is 3. The molecule has 0 spiro atoms. The zero-order chi connectivity index (χ0) is 18.5. The number of nitrogens with zero attached hydrogens (tertiary/aromatic N) is 4. The minimum atomic E-state index is -0.154. The number of aryl methyl sites for hydroxylation is 1. The Kier molecular flexibility index (Phi) is 6.11. The third kappa shape index (κ3) is 5.19. The number of rotatable bonds is 7. The average Bonchev–Trinajstić information content (AvgIpc) is 3.33. The molecule has 1 aliphatic carbocycles. The maximum Gasteiger partial charge on any atom is 0.317 e. The number of hydrogen-bond acceptors (Lipinski definition) is 4. The van der Waals surface area contributed by atoms with Crippen molar-refractivity contribution in [2.75, 3.05) is 13.1 Å². The molecule has 144 valence electrons. The van der Waals surface area contributed by atoms with E-state index in [1.807, 2.05) is 18.7 Å². The number of amides is 3. The molecule has 1 saturated carbocycles. The van der Waals surface area contributed by atoms with Gasteiger partial charge in [0.15, 0.2) is 5.69 Å². The molecule has 1 aromatic rings. The Morgan fingerprint density at radius 3 is 2.81 bits per heavy atom. The predicted octanol–water partition coefficient (Wildman–Crippen LogP) is 1.78. The van der Waals surface area contributed by atoms with Gasteiger partial charge in [0.2, 0.25) is 0 Å². The molecule has 1 atom stereocenters. The van der Waals surface area contributed by atoms with Gasteiger partial charge in [-0.2, -0.15) is 0 Å². The summed E-state index contributed by atoms with van der Waals surface area (Å²) in [6.45, 7) is 6.13. The van der Waals surface area contributed by atoms with Gasteiger partial charge in [0.25, 0.3) is 5.91 Å². The summed E-state index contributed by atoms with van der Waals surface area (Å²) in [4.78, 5) is 26.4. The Labute approximate surface area is 154 Å². The van der Waals surface area contributed by atoms with Gasteiger partial charge in [0.05, 0.1) is 6.20 Å². The second kappa shape index (κ2) is 8.51. The number of hydrogen-bond donors (Lipinski definition) is 2. The first kappa shape index (κ1) is 18.7. The van der Waals surface area contributed by atoms with Crippen molar-refractivity contribution in [2.45, 2.75) is 71.0 Å². The summed E-state index contributed by atoms with van der Waals surface area (Å²) in [7, 11) is 0. The molecule has 1 unspecified atom stereocenters. The second-order valence-corrected chi connectivity index (χ2v) is 7.76. The van der Waals surface area contributed by atoms with E-state index in [9.17, 15) is 9.59 Å². The zero-order valence-electron chi connectivity index (χ0n) is 15.8. The van der Waals surface area contributed by atoms with Gasteiger partial charge in [0, 0.05) is 31.7 Å². The molecule has 2 aliphatic rings. The smallest absolute Gasteiger partial charge is 0.317 e. The van der Waals surface area contributed by atoms with Crippen LogP contribution >= 0.6 is 0 Å². The summed E-state index contributed by atoms with van der Waals surface area (Å²) in [6, 6.07) is 0.361. The topological polar surface area (TPSA) is 92.2 Å². The van der Waals surface area contributed by atoms with Crippen molar-refractivity contribution < 1.29 is 9.59 Å². The fourth-order valence-corrected chi connectivity index (χ4v) is 3.34. The van der Waals surface area contributed by atoms with E-state index in [-0.39, 0.29) is 24.0 Å². The summed E-state index contributed by atoms with van der Waals surface area (Å²) < 4.78 is 1.71. The molecule has 2 N–H and O–H groups in total. The number of piperidine rings is 1. The third-order valence-corrected chi connectivity index (χ3v) is 5.01. The molecule has 3 rings (SSSR count). The number of carbonyl (C=O) groups is 2. The second-order valence-electron chi connectivity index (χ2n) is 7.76. The highest BCUT2D eigenvalue weighted by Gasteiger charge is 2.27. The van der Waals surface area contributed by atoms with Crippen LogP contribution in [0.5, 0.6) is 0 Å². The first-order valence-electron chi connectivity index (χ1n) is 9.78. The van der Waals surface area contributed by atoms with E-state index in [4.69, 9.17) is 0 Å². The quantitative estimate of drug-likeness (QED) is 0.773. The van der Waals surface area contributed by atoms with Gasteiger partial charge in [-0.05, 0) is 58.3 Å². The first-order valence-corrected chi connectivity index (χ1v) is 9.78. The van der Waals surface area contributed by atoms with Crippen LogP contribution in [0.15, 0.2) is 6.20 Å². The Morgan fingerprint density at radius 1 is 1.27 bits per heavy atom. The number of nitrogens with one attached hydrogen (secondary N) is 2. The summed E-state index contributed by atoms with van der Waals surface area (Å²) in [5.41, 5.74) is 0.365. The predicted molar refractivity (Wildman–Crippen MR) is 97.7 cm³/mol.